The monoisotopic (exact) mass is 294 g/mol. The minimum Gasteiger partial charge on any atom is -0.336 e. The summed E-state index contributed by atoms with van der Waals surface area (Å²) in [4.78, 5) is 19.2. The summed E-state index contributed by atoms with van der Waals surface area (Å²) in [5.74, 6) is 1.12. The molecule has 0 radical (unpaired) electrons. The number of fused-ring (bicyclic) bond motifs is 2. The van der Waals surface area contributed by atoms with Crippen molar-refractivity contribution in [1.82, 2.24) is 0 Å². The van der Waals surface area contributed by atoms with Gasteiger partial charge < -0.3 is 9.68 Å². The normalized spacial score (nSPS) is 14.2. The van der Waals surface area contributed by atoms with Gasteiger partial charge in [0.15, 0.2) is 11.5 Å². The average Bonchev–Trinajstić information content (AvgIpc) is 2.56. The Morgan fingerprint density at radius 2 is 1.09 bits per heavy atom. The summed E-state index contributed by atoms with van der Waals surface area (Å²) in [6.45, 7) is 1.19. The predicted molar refractivity (Wildman–Crippen MR) is 83.9 cm³/mol. The first-order valence-corrected chi connectivity index (χ1v) is 6.85. The van der Waals surface area contributed by atoms with Gasteiger partial charge in [0.25, 0.3) is 0 Å². The lowest BCUT2D eigenvalue weighted by Crippen LogP contribution is -1.96. The van der Waals surface area contributed by atoms with Gasteiger partial charge in [-0.25, -0.2) is 0 Å². The van der Waals surface area contributed by atoms with Crippen LogP contribution in [0.2, 0.25) is 0 Å². The standard InChI is InChI=1S/C16H14N4O2/c1-3-7-15-13(5-1)11-17-9-10-18-12-14-6-2-4-8-16(14)22-20-19-21-15/h1-8,11-12H,9-10H2. The van der Waals surface area contributed by atoms with Crippen LogP contribution < -0.4 is 9.68 Å². The van der Waals surface area contributed by atoms with Gasteiger partial charge in [-0.15, -0.1) is 0 Å². The van der Waals surface area contributed by atoms with E-state index in [9.17, 15) is 0 Å². The van der Waals surface area contributed by atoms with Crippen LogP contribution in [0.3, 0.4) is 0 Å². The second kappa shape index (κ2) is 7.12. The van der Waals surface area contributed by atoms with Crippen molar-refractivity contribution < 1.29 is 9.68 Å². The molecule has 0 unspecified atom stereocenters. The van der Waals surface area contributed by atoms with Crippen LogP contribution in [0.4, 0.5) is 0 Å². The zero-order valence-corrected chi connectivity index (χ0v) is 11.8. The van der Waals surface area contributed by atoms with Gasteiger partial charge in [0.05, 0.1) is 23.6 Å². The number of benzene rings is 2. The molecule has 0 saturated heterocycles. The quantitative estimate of drug-likeness (QED) is 0.748. The third-order valence-electron chi connectivity index (χ3n) is 2.97. The number of nitrogens with zero attached hydrogens (tertiary/aromatic N) is 4. The first-order chi connectivity index (χ1) is 10.9. The molecule has 2 aromatic carbocycles. The Morgan fingerprint density at radius 3 is 1.59 bits per heavy atom. The number of rotatable bonds is 0. The number of para-hydroxylation sites is 2. The van der Waals surface area contributed by atoms with E-state index < -0.39 is 0 Å². The fraction of sp³-hybridized carbons (Fsp3) is 0.125. The van der Waals surface area contributed by atoms with E-state index in [1.807, 2.05) is 36.4 Å². The molecule has 2 aromatic rings. The highest BCUT2D eigenvalue weighted by molar-refractivity contribution is 5.84. The third-order valence-corrected chi connectivity index (χ3v) is 2.97. The molecule has 0 saturated carbocycles. The molecule has 0 aliphatic carbocycles. The van der Waals surface area contributed by atoms with Crippen LogP contribution in [-0.4, -0.2) is 25.5 Å². The summed E-state index contributed by atoms with van der Waals surface area (Å²) < 4.78 is 0. The van der Waals surface area contributed by atoms with Crippen molar-refractivity contribution in [3.63, 3.8) is 0 Å². The maximum Gasteiger partial charge on any atom is 0.168 e. The molecule has 0 fully saturated rings. The molecular weight excluding hydrogens is 280 g/mol. The molecule has 6 nitrogen and oxygen atoms in total. The van der Waals surface area contributed by atoms with E-state index in [1.165, 1.54) is 0 Å². The van der Waals surface area contributed by atoms with E-state index in [0.717, 1.165) is 11.1 Å². The van der Waals surface area contributed by atoms with Crippen LogP contribution >= 0.6 is 0 Å². The van der Waals surface area contributed by atoms with Crippen molar-refractivity contribution in [2.45, 2.75) is 0 Å². The average molecular weight is 294 g/mol. The Kier molecular flexibility index (Phi) is 4.51. The molecule has 0 spiro atoms. The number of aliphatic imine (C=N–C) groups is 2. The Labute approximate surface area is 127 Å². The van der Waals surface area contributed by atoms with Crippen molar-refractivity contribution in [1.29, 1.82) is 0 Å². The maximum absolute atomic E-state index is 5.26. The highest BCUT2D eigenvalue weighted by Gasteiger charge is 2.02. The Morgan fingerprint density at radius 1 is 0.636 bits per heavy atom. The van der Waals surface area contributed by atoms with Gasteiger partial charge in [-0.05, 0) is 24.3 Å². The lowest BCUT2D eigenvalue weighted by Gasteiger charge is -2.03. The van der Waals surface area contributed by atoms with Crippen LogP contribution in [0.5, 0.6) is 11.5 Å². The van der Waals surface area contributed by atoms with Gasteiger partial charge in [0, 0.05) is 23.6 Å². The first-order valence-electron chi connectivity index (χ1n) is 6.85. The molecule has 0 amide bonds. The van der Waals surface area contributed by atoms with Crippen molar-refractivity contribution in [3.8, 4) is 11.5 Å². The van der Waals surface area contributed by atoms with Gasteiger partial charge in [-0.3, -0.25) is 9.98 Å². The molecule has 0 N–H and O–H groups in total. The third kappa shape index (κ3) is 3.54. The molecular formula is C16H14N4O2. The fourth-order valence-electron chi connectivity index (χ4n) is 1.90. The van der Waals surface area contributed by atoms with Crippen LogP contribution in [-0.2, 0) is 0 Å². The molecule has 1 heterocycles. The van der Waals surface area contributed by atoms with Gasteiger partial charge in [-0.2, -0.15) is 0 Å². The summed E-state index contributed by atoms with van der Waals surface area (Å²) in [6.07, 6.45) is 3.47. The molecule has 0 aromatic heterocycles. The van der Waals surface area contributed by atoms with Crippen molar-refractivity contribution in [2.24, 2.45) is 20.5 Å². The maximum atomic E-state index is 5.26. The van der Waals surface area contributed by atoms with Crippen LogP contribution in [0.1, 0.15) is 11.1 Å². The molecule has 6 heteroatoms. The summed E-state index contributed by atoms with van der Waals surface area (Å²) in [5.41, 5.74) is 1.64. The highest BCUT2D eigenvalue weighted by Crippen LogP contribution is 2.18. The minimum atomic E-state index is 0.562. The Balaban J connectivity index is 1.87. The van der Waals surface area contributed by atoms with E-state index in [4.69, 9.17) is 9.68 Å². The van der Waals surface area contributed by atoms with Gasteiger partial charge in [0.1, 0.15) is 0 Å². The largest absolute Gasteiger partial charge is 0.336 e. The zero-order valence-electron chi connectivity index (χ0n) is 11.8. The van der Waals surface area contributed by atoms with Crippen molar-refractivity contribution in [3.05, 3.63) is 59.7 Å². The first kappa shape index (κ1) is 13.9. The molecule has 0 bridgehead atoms. The van der Waals surface area contributed by atoms with Crippen molar-refractivity contribution >= 4 is 12.4 Å². The van der Waals surface area contributed by atoms with E-state index in [0.29, 0.717) is 24.6 Å². The molecule has 3 rings (SSSR count). The fourth-order valence-corrected chi connectivity index (χ4v) is 1.90. The second-order valence-corrected chi connectivity index (χ2v) is 4.49. The number of hydrogen-bond acceptors (Lipinski definition) is 6. The molecule has 1 aliphatic rings. The van der Waals surface area contributed by atoms with E-state index in [2.05, 4.69) is 20.5 Å². The Bertz CT molecular complexity index is 664. The minimum absolute atomic E-state index is 0.562. The molecule has 110 valence electrons. The smallest absolute Gasteiger partial charge is 0.168 e. The van der Waals surface area contributed by atoms with Crippen LogP contribution in [0.25, 0.3) is 0 Å². The topological polar surface area (TPSA) is 67.9 Å². The van der Waals surface area contributed by atoms with Crippen molar-refractivity contribution in [2.75, 3.05) is 13.1 Å². The van der Waals surface area contributed by atoms with Crippen LogP contribution in [0.15, 0.2) is 69.1 Å². The lowest BCUT2D eigenvalue weighted by atomic mass is 10.2. The van der Waals surface area contributed by atoms with Gasteiger partial charge in [0.2, 0.25) is 0 Å². The second-order valence-electron chi connectivity index (χ2n) is 4.49. The van der Waals surface area contributed by atoms with Crippen LogP contribution in [0, 0.1) is 0 Å². The van der Waals surface area contributed by atoms with Gasteiger partial charge >= 0.3 is 0 Å². The highest BCUT2D eigenvalue weighted by atomic mass is 16.7. The summed E-state index contributed by atoms with van der Waals surface area (Å²) in [6, 6.07) is 14.9. The Hall–Kier alpha value is -3.02. The summed E-state index contributed by atoms with van der Waals surface area (Å²) >= 11 is 0. The van der Waals surface area contributed by atoms with E-state index >= 15 is 0 Å². The lowest BCUT2D eigenvalue weighted by molar-refractivity contribution is 0.208. The zero-order chi connectivity index (χ0) is 15.0. The summed E-state index contributed by atoms with van der Waals surface area (Å²) in [5, 5.41) is 7.19. The van der Waals surface area contributed by atoms with Gasteiger partial charge in [-0.1, -0.05) is 24.3 Å². The molecule has 0 atom stereocenters. The number of hydrogen-bond donors (Lipinski definition) is 0. The summed E-state index contributed by atoms with van der Waals surface area (Å²) in [7, 11) is 0. The molecule has 22 heavy (non-hydrogen) atoms. The molecule has 1 aliphatic heterocycles. The van der Waals surface area contributed by atoms with E-state index in [-0.39, 0.29) is 0 Å². The predicted octanol–water partition coefficient (Wildman–Crippen LogP) is 3.28. The SMILES string of the molecule is C1=NCCN=Cc2ccccc2ON=NOc2ccccc21. The van der Waals surface area contributed by atoms with E-state index in [1.54, 1.807) is 24.6 Å².